The van der Waals surface area contributed by atoms with E-state index < -0.39 is 5.97 Å². The van der Waals surface area contributed by atoms with E-state index in [-0.39, 0.29) is 0 Å². The highest BCUT2D eigenvalue weighted by atomic mass is 32.2. The average Bonchev–Trinajstić information content (AvgIpc) is 2.44. The van der Waals surface area contributed by atoms with Crippen molar-refractivity contribution in [2.75, 3.05) is 38.2 Å². The van der Waals surface area contributed by atoms with Crippen molar-refractivity contribution in [1.29, 1.82) is 0 Å². The number of esters is 1. The number of ether oxygens (including phenoxy) is 1. The third-order valence-electron chi connectivity index (χ3n) is 2.87. The average molecular weight is 283 g/mol. The quantitative estimate of drug-likeness (QED) is 0.609. The van der Waals surface area contributed by atoms with Gasteiger partial charge in [0.05, 0.1) is 29.6 Å². The van der Waals surface area contributed by atoms with Crippen molar-refractivity contribution in [2.45, 2.75) is 18.9 Å². The number of nitrogens with two attached hydrogens (primary N) is 1. The minimum Gasteiger partial charge on any atom is -0.465 e. The molecule has 5 nitrogen and oxygen atoms in total. The second-order valence-electron chi connectivity index (χ2n) is 3.98. The highest BCUT2D eigenvalue weighted by Crippen LogP contribution is 2.20. The number of nitrogens with zero attached hydrogens (tertiary/aromatic N) is 2. The van der Waals surface area contributed by atoms with Crippen LogP contribution in [0.2, 0.25) is 0 Å². The van der Waals surface area contributed by atoms with E-state index in [2.05, 4.69) is 28.5 Å². The number of nitrogen functional groups attached to an aromatic ring is 1. The minimum atomic E-state index is -0.425. The molecule has 0 atom stereocenters. The number of pyridine rings is 1. The van der Waals surface area contributed by atoms with Crippen LogP contribution >= 0.6 is 11.8 Å². The highest BCUT2D eigenvalue weighted by molar-refractivity contribution is 7.99. The molecule has 1 aromatic heterocycles. The Kier molecular flexibility index (Phi) is 6.66. The first-order chi connectivity index (χ1) is 9.12. The van der Waals surface area contributed by atoms with Crippen LogP contribution in [0.25, 0.3) is 0 Å². The van der Waals surface area contributed by atoms with Gasteiger partial charge >= 0.3 is 5.97 Å². The number of hydrogen-bond donors (Lipinski definition) is 1. The predicted molar refractivity (Wildman–Crippen MR) is 78.5 cm³/mol. The normalized spacial score (nSPS) is 10.7. The molecule has 0 aliphatic carbocycles. The Balaban J connectivity index is 2.62. The van der Waals surface area contributed by atoms with Gasteiger partial charge < -0.3 is 15.4 Å². The Labute approximate surface area is 118 Å². The Morgan fingerprint density at radius 2 is 2.16 bits per heavy atom. The zero-order valence-electron chi connectivity index (χ0n) is 11.7. The smallest absolute Gasteiger partial charge is 0.340 e. The molecule has 1 aromatic rings. The van der Waals surface area contributed by atoms with Crippen molar-refractivity contribution in [3.8, 4) is 0 Å². The molecule has 0 spiro atoms. The molecule has 0 aliphatic rings. The van der Waals surface area contributed by atoms with Gasteiger partial charge in [0.1, 0.15) is 0 Å². The highest BCUT2D eigenvalue weighted by Gasteiger charge is 2.12. The van der Waals surface area contributed by atoms with Gasteiger partial charge in [-0.25, -0.2) is 9.78 Å². The summed E-state index contributed by atoms with van der Waals surface area (Å²) in [4.78, 5) is 18.1. The first kappa shape index (κ1) is 15.8. The van der Waals surface area contributed by atoms with Gasteiger partial charge in [-0.15, -0.1) is 11.8 Å². The molecule has 6 heteroatoms. The van der Waals surface area contributed by atoms with E-state index >= 15 is 0 Å². The number of anilines is 1. The number of carbonyl (C=O) groups is 1. The third kappa shape index (κ3) is 4.72. The molecule has 0 fully saturated rings. The summed E-state index contributed by atoms with van der Waals surface area (Å²) in [5.41, 5.74) is 6.43. The van der Waals surface area contributed by atoms with Gasteiger partial charge in [-0.05, 0) is 19.2 Å². The third-order valence-corrected chi connectivity index (χ3v) is 3.77. The molecular weight excluding hydrogens is 262 g/mol. The summed E-state index contributed by atoms with van der Waals surface area (Å²) < 4.78 is 4.69. The van der Waals surface area contributed by atoms with Gasteiger partial charge in [-0.2, -0.15) is 0 Å². The van der Waals surface area contributed by atoms with Crippen molar-refractivity contribution in [3.05, 3.63) is 17.8 Å². The zero-order valence-corrected chi connectivity index (χ0v) is 12.5. The molecule has 0 aliphatic heterocycles. The molecule has 1 rings (SSSR count). The maximum absolute atomic E-state index is 11.5. The van der Waals surface area contributed by atoms with Crippen LogP contribution < -0.4 is 5.73 Å². The topological polar surface area (TPSA) is 68.5 Å². The van der Waals surface area contributed by atoms with Crippen LogP contribution in [-0.2, 0) is 4.74 Å². The molecule has 0 amide bonds. The molecule has 0 aromatic carbocycles. The van der Waals surface area contributed by atoms with Crippen LogP contribution in [0.1, 0.15) is 24.2 Å². The SMILES string of the molecule is CCN(CC)CCSc1cc(C(=O)OC)c(N)cn1. The van der Waals surface area contributed by atoms with Crippen molar-refractivity contribution >= 4 is 23.4 Å². The molecular formula is C13H21N3O2S. The van der Waals surface area contributed by atoms with Crippen molar-refractivity contribution in [3.63, 3.8) is 0 Å². The molecule has 0 saturated carbocycles. The number of hydrogen-bond acceptors (Lipinski definition) is 6. The summed E-state index contributed by atoms with van der Waals surface area (Å²) in [7, 11) is 1.34. The number of carbonyl (C=O) groups excluding carboxylic acids is 1. The second-order valence-corrected chi connectivity index (χ2v) is 5.09. The molecule has 106 valence electrons. The van der Waals surface area contributed by atoms with E-state index in [1.54, 1.807) is 17.8 Å². The van der Waals surface area contributed by atoms with Gasteiger partial charge in [0.2, 0.25) is 0 Å². The van der Waals surface area contributed by atoms with Gasteiger partial charge in [0, 0.05) is 12.3 Å². The van der Waals surface area contributed by atoms with E-state index in [0.29, 0.717) is 11.3 Å². The number of rotatable bonds is 7. The van der Waals surface area contributed by atoms with E-state index in [1.165, 1.54) is 13.3 Å². The van der Waals surface area contributed by atoms with E-state index in [1.807, 2.05) is 0 Å². The first-order valence-electron chi connectivity index (χ1n) is 6.31. The Bertz CT molecular complexity index is 422. The number of aromatic nitrogens is 1. The molecule has 1 heterocycles. The lowest BCUT2D eigenvalue weighted by Crippen LogP contribution is -2.25. The molecule has 0 bridgehead atoms. The lowest BCUT2D eigenvalue weighted by atomic mass is 10.2. The maximum Gasteiger partial charge on any atom is 0.340 e. The monoisotopic (exact) mass is 283 g/mol. The van der Waals surface area contributed by atoms with Crippen molar-refractivity contribution in [1.82, 2.24) is 9.88 Å². The fourth-order valence-electron chi connectivity index (χ4n) is 1.63. The summed E-state index contributed by atoms with van der Waals surface area (Å²) in [5.74, 6) is 0.504. The van der Waals surface area contributed by atoms with Crippen LogP contribution in [0.15, 0.2) is 17.3 Å². The largest absolute Gasteiger partial charge is 0.465 e. The standard InChI is InChI=1S/C13H21N3O2S/c1-4-16(5-2)6-7-19-12-8-10(13(17)18-3)11(14)9-15-12/h8-9H,4-7,14H2,1-3H3. The Morgan fingerprint density at radius 3 is 2.74 bits per heavy atom. The molecule has 19 heavy (non-hydrogen) atoms. The Hall–Kier alpha value is -1.27. The number of thioether (sulfide) groups is 1. The molecule has 0 saturated heterocycles. The van der Waals surface area contributed by atoms with Crippen LogP contribution in [0.3, 0.4) is 0 Å². The van der Waals surface area contributed by atoms with Gasteiger partial charge in [0.15, 0.2) is 0 Å². The van der Waals surface area contributed by atoms with E-state index in [9.17, 15) is 4.79 Å². The zero-order chi connectivity index (χ0) is 14.3. The summed E-state index contributed by atoms with van der Waals surface area (Å²) >= 11 is 1.61. The van der Waals surface area contributed by atoms with Crippen LogP contribution in [0, 0.1) is 0 Å². The van der Waals surface area contributed by atoms with Crippen LogP contribution in [0.5, 0.6) is 0 Å². The fraction of sp³-hybridized carbons (Fsp3) is 0.538. The van der Waals surface area contributed by atoms with Gasteiger partial charge in [-0.1, -0.05) is 13.8 Å². The van der Waals surface area contributed by atoms with Gasteiger partial charge in [0.25, 0.3) is 0 Å². The van der Waals surface area contributed by atoms with E-state index in [0.717, 1.165) is 30.4 Å². The molecule has 0 radical (unpaired) electrons. The summed E-state index contributed by atoms with van der Waals surface area (Å²) in [5, 5.41) is 0.793. The lowest BCUT2D eigenvalue weighted by molar-refractivity contribution is 0.0601. The van der Waals surface area contributed by atoms with Crippen molar-refractivity contribution in [2.24, 2.45) is 0 Å². The fourth-order valence-corrected chi connectivity index (χ4v) is 2.52. The summed E-state index contributed by atoms with van der Waals surface area (Å²) in [6.07, 6.45) is 1.51. The van der Waals surface area contributed by atoms with Gasteiger partial charge in [-0.3, -0.25) is 0 Å². The van der Waals surface area contributed by atoms with Crippen LogP contribution in [0.4, 0.5) is 5.69 Å². The predicted octanol–water partition coefficient (Wildman–Crippen LogP) is 1.88. The molecule has 2 N–H and O–H groups in total. The first-order valence-corrected chi connectivity index (χ1v) is 7.29. The van der Waals surface area contributed by atoms with E-state index in [4.69, 9.17) is 5.73 Å². The minimum absolute atomic E-state index is 0.347. The van der Waals surface area contributed by atoms with Crippen LogP contribution in [-0.4, -0.2) is 48.4 Å². The number of methoxy groups -OCH3 is 1. The maximum atomic E-state index is 11.5. The summed E-state index contributed by atoms with van der Waals surface area (Å²) in [6, 6.07) is 1.69. The summed E-state index contributed by atoms with van der Waals surface area (Å²) in [6.45, 7) is 7.37. The van der Waals surface area contributed by atoms with Crippen molar-refractivity contribution < 1.29 is 9.53 Å². The molecule has 0 unspecified atom stereocenters. The lowest BCUT2D eigenvalue weighted by Gasteiger charge is -2.17. The second kappa shape index (κ2) is 8.01. The Morgan fingerprint density at radius 1 is 1.47 bits per heavy atom.